The number of oxazole rings is 1. The second kappa shape index (κ2) is 10.9. The number of benzene rings is 5. The van der Waals surface area contributed by atoms with Gasteiger partial charge in [-0.2, -0.15) is 4.98 Å². The summed E-state index contributed by atoms with van der Waals surface area (Å²) in [6, 6.07) is 45.5. The van der Waals surface area contributed by atoms with Crippen LogP contribution in [0.4, 0.5) is 0 Å². The molecule has 6 rings (SSSR count). The molecule has 0 N–H and O–H groups in total. The summed E-state index contributed by atoms with van der Waals surface area (Å²) in [5.41, 5.74) is 1.08. The highest BCUT2D eigenvalue weighted by Gasteiger charge is 2.55. The van der Waals surface area contributed by atoms with E-state index in [1.807, 2.05) is 121 Å². The zero-order valence-electron chi connectivity index (χ0n) is 21.3. The Bertz CT molecular complexity index is 1750. The van der Waals surface area contributed by atoms with Gasteiger partial charge in [0.05, 0.1) is 4.90 Å². The predicted octanol–water partition coefficient (Wildman–Crippen LogP) is 6.45. The van der Waals surface area contributed by atoms with Gasteiger partial charge in [0.15, 0.2) is 7.26 Å². The zero-order valence-corrected chi connectivity index (χ0v) is 23.7. The summed E-state index contributed by atoms with van der Waals surface area (Å²) in [5, 5.41) is 3.17. The van der Waals surface area contributed by atoms with Crippen LogP contribution >= 0.6 is 18.9 Å². The summed E-state index contributed by atoms with van der Waals surface area (Å²) >= 11 is 6.11. The molecular formula is C33H24ClNO3PS+. The monoisotopic (exact) mass is 580 g/mol. The van der Waals surface area contributed by atoms with Gasteiger partial charge in [-0.25, -0.2) is 8.42 Å². The Balaban J connectivity index is 1.77. The predicted molar refractivity (Wildman–Crippen MR) is 164 cm³/mol. The molecule has 0 amide bonds. The van der Waals surface area contributed by atoms with Crippen molar-refractivity contribution < 1.29 is 12.8 Å². The van der Waals surface area contributed by atoms with Crippen LogP contribution in [0.1, 0.15) is 0 Å². The number of sulfone groups is 1. The first-order valence-electron chi connectivity index (χ1n) is 12.6. The van der Waals surface area contributed by atoms with Gasteiger partial charge in [-0.15, -0.1) is 0 Å². The molecule has 0 aliphatic carbocycles. The summed E-state index contributed by atoms with van der Waals surface area (Å²) in [5.74, 6) is 0.246. The Morgan fingerprint density at radius 2 is 1.00 bits per heavy atom. The van der Waals surface area contributed by atoms with E-state index < -0.39 is 17.1 Å². The minimum atomic E-state index is -4.14. The normalized spacial score (nSPS) is 11.8. The average molecular weight is 581 g/mol. The molecule has 1 heterocycles. The zero-order chi connectivity index (χ0) is 27.6. The Morgan fingerprint density at radius 1 is 0.575 bits per heavy atom. The van der Waals surface area contributed by atoms with E-state index in [-0.39, 0.29) is 15.9 Å². The largest absolute Gasteiger partial charge is 0.420 e. The van der Waals surface area contributed by atoms with Crippen molar-refractivity contribution in [3.8, 4) is 11.5 Å². The van der Waals surface area contributed by atoms with Crippen LogP contribution in [0.15, 0.2) is 160 Å². The lowest BCUT2D eigenvalue weighted by atomic mass is 10.2. The smallest absolute Gasteiger partial charge is 0.288 e. The fourth-order valence-electron chi connectivity index (χ4n) is 4.88. The first kappa shape index (κ1) is 26.2. The summed E-state index contributed by atoms with van der Waals surface area (Å²) in [6.45, 7) is 0. The van der Waals surface area contributed by atoms with Gasteiger partial charge in [-0.05, 0) is 72.8 Å². The second-order valence-corrected chi connectivity index (χ2v) is 14.7. The maximum absolute atomic E-state index is 14.4. The molecule has 0 aliphatic rings. The highest BCUT2D eigenvalue weighted by atomic mass is 35.5. The number of halogens is 1. The fraction of sp³-hybridized carbons (Fsp3) is 0. The molecule has 4 nitrogen and oxygen atoms in total. The van der Waals surface area contributed by atoms with E-state index in [2.05, 4.69) is 0 Å². The van der Waals surface area contributed by atoms with Crippen molar-refractivity contribution in [1.82, 2.24) is 4.98 Å². The molecule has 7 heteroatoms. The molecule has 0 aliphatic heterocycles. The maximum atomic E-state index is 14.4. The van der Waals surface area contributed by atoms with E-state index in [1.165, 1.54) is 12.1 Å². The van der Waals surface area contributed by atoms with Crippen LogP contribution in [0.5, 0.6) is 0 Å². The van der Waals surface area contributed by atoms with Crippen molar-refractivity contribution in [2.45, 2.75) is 9.99 Å². The molecule has 0 fully saturated rings. The highest BCUT2D eigenvalue weighted by Crippen LogP contribution is 2.55. The van der Waals surface area contributed by atoms with Crippen LogP contribution < -0.4 is 21.3 Å². The van der Waals surface area contributed by atoms with Crippen molar-refractivity contribution >= 4 is 50.0 Å². The highest BCUT2D eigenvalue weighted by molar-refractivity contribution is 8.02. The Kier molecular flexibility index (Phi) is 7.12. The minimum absolute atomic E-state index is 0.0844. The van der Waals surface area contributed by atoms with E-state index >= 15 is 0 Å². The third-order valence-electron chi connectivity index (χ3n) is 6.72. The number of aromatic nitrogens is 1. The molecule has 0 spiro atoms. The van der Waals surface area contributed by atoms with Gasteiger partial charge in [0, 0.05) is 10.6 Å². The lowest BCUT2D eigenvalue weighted by Crippen LogP contribution is -2.41. The van der Waals surface area contributed by atoms with Gasteiger partial charge in [0.2, 0.25) is 15.7 Å². The molecule has 5 aromatic carbocycles. The molecule has 6 aromatic rings. The van der Waals surface area contributed by atoms with Crippen molar-refractivity contribution in [2.24, 2.45) is 0 Å². The first-order chi connectivity index (χ1) is 19.5. The lowest BCUT2D eigenvalue weighted by Gasteiger charge is -2.25. The van der Waals surface area contributed by atoms with Crippen LogP contribution in [-0.2, 0) is 9.84 Å². The topological polar surface area (TPSA) is 60.2 Å². The molecule has 40 heavy (non-hydrogen) atoms. The van der Waals surface area contributed by atoms with E-state index in [0.29, 0.717) is 16.0 Å². The Labute approximate surface area is 239 Å². The van der Waals surface area contributed by atoms with Gasteiger partial charge in [-0.3, -0.25) is 0 Å². The summed E-state index contributed by atoms with van der Waals surface area (Å²) in [6.07, 6.45) is 0. The number of rotatable bonds is 7. The van der Waals surface area contributed by atoms with E-state index in [4.69, 9.17) is 21.0 Å². The van der Waals surface area contributed by atoms with Crippen molar-refractivity contribution in [1.29, 1.82) is 0 Å². The Hall–Kier alpha value is -4.02. The number of hydrogen-bond donors (Lipinski definition) is 0. The molecular weight excluding hydrogens is 557 g/mol. The summed E-state index contributed by atoms with van der Waals surface area (Å²) < 4.78 is 35.1. The van der Waals surface area contributed by atoms with Gasteiger partial charge >= 0.3 is 0 Å². The number of nitrogens with zero attached hydrogens (tertiary/aromatic N) is 1. The quantitative estimate of drug-likeness (QED) is 0.204. The van der Waals surface area contributed by atoms with Crippen LogP contribution in [0, 0.1) is 0 Å². The molecule has 0 bridgehead atoms. The average Bonchev–Trinajstić information content (AvgIpc) is 3.47. The third kappa shape index (κ3) is 4.56. The molecule has 0 saturated heterocycles. The van der Waals surface area contributed by atoms with Crippen LogP contribution in [0.3, 0.4) is 0 Å². The Morgan fingerprint density at radius 3 is 1.45 bits per heavy atom. The third-order valence-corrected chi connectivity index (χ3v) is 12.9. The SMILES string of the molecule is O=S(=O)(c1ccc(Cl)cc1)c1oc(-c2ccccc2)nc1[P+](c1ccccc1)(c1ccccc1)c1ccccc1. The van der Waals surface area contributed by atoms with Gasteiger partial charge in [-0.1, -0.05) is 84.4 Å². The molecule has 0 saturated carbocycles. The second-order valence-electron chi connectivity index (χ2n) is 9.13. The molecule has 0 radical (unpaired) electrons. The fourth-order valence-corrected chi connectivity index (χ4v) is 11.0. The van der Waals surface area contributed by atoms with E-state index in [0.717, 1.165) is 15.9 Å². The summed E-state index contributed by atoms with van der Waals surface area (Å²) in [7, 11) is -7.02. The first-order valence-corrected chi connectivity index (χ1v) is 16.3. The van der Waals surface area contributed by atoms with E-state index in [9.17, 15) is 8.42 Å². The lowest BCUT2D eigenvalue weighted by molar-refractivity contribution is 0.462. The molecule has 0 atom stereocenters. The van der Waals surface area contributed by atoms with Crippen LogP contribution in [0.25, 0.3) is 11.5 Å². The number of hydrogen-bond acceptors (Lipinski definition) is 4. The van der Waals surface area contributed by atoms with Crippen molar-refractivity contribution in [2.75, 3.05) is 0 Å². The van der Waals surface area contributed by atoms with Gasteiger partial charge < -0.3 is 4.42 Å². The van der Waals surface area contributed by atoms with Crippen molar-refractivity contribution in [3.63, 3.8) is 0 Å². The molecule has 1 aromatic heterocycles. The minimum Gasteiger partial charge on any atom is -0.420 e. The van der Waals surface area contributed by atoms with E-state index in [1.54, 1.807) is 12.1 Å². The van der Waals surface area contributed by atoms with Crippen LogP contribution in [0.2, 0.25) is 5.02 Å². The summed E-state index contributed by atoms with van der Waals surface area (Å²) in [4.78, 5) is 5.15. The van der Waals surface area contributed by atoms with Gasteiger partial charge in [0.1, 0.15) is 15.9 Å². The molecule has 196 valence electrons. The van der Waals surface area contributed by atoms with Crippen LogP contribution in [-0.4, -0.2) is 13.4 Å². The maximum Gasteiger partial charge on any atom is 0.288 e. The van der Waals surface area contributed by atoms with Crippen molar-refractivity contribution in [3.05, 3.63) is 151 Å². The standard InChI is InChI=1S/C33H24ClNO3PS/c34-26-21-23-30(24-22-26)40(36,37)33-32(35-31(38-33)25-13-5-1-6-14-25)39(27-15-7-2-8-16-27,28-17-9-3-10-18-28)29-19-11-4-12-20-29/h1-24H/q+1. The van der Waals surface area contributed by atoms with Gasteiger partial charge in [0.25, 0.3) is 10.5 Å². The molecule has 0 unspecified atom stereocenters.